The van der Waals surface area contributed by atoms with Gasteiger partial charge in [0.1, 0.15) is 12.2 Å². The fourth-order valence-electron chi connectivity index (χ4n) is 3.88. The van der Waals surface area contributed by atoms with Crippen molar-refractivity contribution in [2.24, 2.45) is 0 Å². The minimum atomic E-state index is -0.696. The number of ether oxygens (including phenoxy) is 3. The van der Waals surface area contributed by atoms with Crippen molar-refractivity contribution < 1.29 is 28.6 Å². The number of likely N-dealkylation sites (tertiary alicyclic amines) is 2. The molecule has 3 saturated heterocycles. The van der Waals surface area contributed by atoms with E-state index in [1.54, 1.807) is 20.8 Å². The predicted octanol–water partition coefficient (Wildman–Crippen LogP) is 2.77. The molecule has 0 radical (unpaired) electrons. The van der Waals surface area contributed by atoms with Gasteiger partial charge in [-0.2, -0.15) is 0 Å². The summed E-state index contributed by atoms with van der Waals surface area (Å²) in [6.07, 6.45) is 1.86. The minimum absolute atomic E-state index is 0.0961. The van der Waals surface area contributed by atoms with E-state index < -0.39 is 29.5 Å². The van der Waals surface area contributed by atoms with Gasteiger partial charge in [-0.15, -0.1) is 0 Å². The van der Waals surface area contributed by atoms with Gasteiger partial charge in [0, 0.05) is 13.1 Å². The van der Waals surface area contributed by atoms with Gasteiger partial charge in [0.25, 0.3) is 0 Å². The molecule has 0 aromatic heterocycles. The minimum Gasteiger partial charge on any atom is -0.445 e. The van der Waals surface area contributed by atoms with Gasteiger partial charge in [0.15, 0.2) is 5.60 Å². The predicted molar refractivity (Wildman–Crippen MR) is 109 cm³/mol. The van der Waals surface area contributed by atoms with E-state index in [0.717, 1.165) is 12.8 Å². The number of rotatable bonds is 4. The van der Waals surface area contributed by atoms with E-state index in [9.17, 15) is 14.4 Å². The molecule has 3 heterocycles. The number of nitrogens with zero attached hydrogens (tertiary/aromatic N) is 3. The second-order valence-corrected chi connectivity index (χ2v) is 9.17. The Hall–Kier alpha value is -2.71. The molecule has 0 aromatic carbocycles. The molecule has 0 N–H and O–H groups in total. The smallest absolute Gasteiger partial charge is 0.410 e. The lowest BCUT2D eigenvalue weighted by atomic mass is 9.93. The molecule has 1 spiro atoms. The van der Waals surface area contributed by atoms with Crippen molar-refractivity contribution in [1.82, 2.24) is 14.7 Å². The van der Waals surface area contributed by atoms with Crippen molar-refractivity contribution in [3.05, 3.63) is 24.8 Å². The first kappa shape index (κ1) is 22.0. The van der Waals surface area contributed by atoms with Crippen LogP contribution in [0.1, 0.15) is 33.6 Å². The van der Waals surface area contributed by atoms with Gasteiger partial charge in [0.05, 0.1) is 25.7 Å². The van der Waals surface area contributed by atoms with Crippen molar-refractivity contribution in [3.8, 4) is 0 Å². The molecule has 0 saturated carbocycles. The SMILES string of the molecule is C=CC(=C)COC(=O)N1CCCC(N2CC3(CN(C(=O)OC(C)(C)C)C3)OC2=O)C1. The summed E-state index contributed by atoms with van der Waals surface area (Å²) in [4.78, 5) is 41.8. The maximum absolute atomic E-state index is 12.5. The number of piperidine rings is 1. The fourth-order valence-corrected chi connectivity index (χ4v) is 3.88. The molecule has 30 heavy (non-hydrogen) atoms. The van der Waals surface area contributed by atoms with Crippen LogP contribution >= 0.6 is 0 Å². The molecule has 1 atom stereocenters. The molecular weight excluding hydrogens is 390 g/mol. The number of hydrogen-bond donors (Lipinski definition) is 0. The zero-order valence-electron chi connectivity index (χ0n) is 18.0. The monoisotopic (exact) mass is 421 g/mol. The largest absolute Gasteiger partial charge is 0.445 e. The normalized spacial score (nSPS) is 23.0. The average molecular weight is 421 g/mol. The molecule has 3 fully saturated rings. The first-order chi connectivity index (χ1) is 14.0. The van der Waals surface area contributed by atoms with E-state index >= 15 is 0 Å². The van der Waals surface area contributed by atoms with Gasteiger partial charge in [-0.3, -0.25) is 9.80 Å². The molecule has 3 aliphatic rings. The molecule has 9 nitrogen and oxygen atoms in total. The second kappa shape index (κ2) is 8.20. The molecule has 1 unspecified atom stereocenters. The summed E-state index contributed by atoms with van der Waals surface area (Å²) in [5.74, 6) is 0. The van der Waals surface area contributed by atoms with Gasteiger partial charge in [-0.05, 0) is 39.2 Å². The molecule has 0 aliphatic carbocycles. The highest BCUT2D eigenvalue weighted by Crippen LogP contribution is 2.35. The molecule has 0 aromatic rings. The quantitative estimate of drug-likeness (QED) is 0.512. The second-order valence-electron chi connectivity index (χ2n) is 9.17. The first-order valence-electron chi connectivity index (χ1n) is 10.2. The Morgan fingerprint density at radius 3 is 2.57 bits per heavy atom. The molecular formula is C21H31N3O6. The number of carbonyl (C=O) groups is 3. The molecule has 9 heteroatoms. The Labute approximate surface area is 177 Å². The first-order valence-corrected chi connectivity index (χ1v) is 10.2. The number of hydrogen-bond acceptors (Lipinski definition) is 6. The standard InChI is InChI=1S/C21H31N3O6/c1-6-15(2)11-28-17(25)22-9-7-8-16(10-22)24-14-21(30-19(24)27)12-23(13-21)18(26)29-20(3,4)5/h6,16H,1-2,7-14H2,3-5H3. The van der Waals surface area contributed by atoms with E-state index in [-0.39, 0.29) is 12.6 Å². The van der Waals surface area contributed by atoms with Crippen LogP contribution in [0.4, 0.5) is 14.4 Å². The highest BCUT2D eigenvalue weighted by molar-refractivity contribution is 5.74. The zero-order chi connectivity index (χ0) is 22.1. The Balaban J connectivity index is 1.53. The lowest BCUT2D eigenvalue weighted by molar-refractivity contribution is -0.0790. The topological polar surface area (TPSA) is 88.6 Å². The van der Waals surface area contributed by atoms with Crippen LogP contribution < -0.4 is 0 Å². The van der Waals surface area contributed by atoms with Gasteiger partial charge >= 0.3 is 18.3 Å². The maximum atomic E-state index is 12.5. The van der Waals surface area contributed by atoms with Crippen molar-refractivity contribution in [2.75, 3.05) is 39.3 Å². The summed E-state index contributed by atoms with van der Waals surface area (Å²) < 4.78 is 16.2. The van der Waals surface area contributed by atoms with E-state index in [0.29, 0.717) is 38.3 Å². The van der Waals surface area contributed by atoms with Crippen molar-refractivity contribution in [1.29, 1.82) is 0 Å². The summed E-state index contributed by atoms with van der Waals surface area (Å²) in [5, 5.41) is 0. The summed E-state index contributed by atoms with van der Waals surface area (Å²) in [6.45, 7) is 14.8. The van der Waals surface area contributed by atoms with Crippen LogP contribution in [0.25, 0.3) is 0 Å². The Kier molecular flexibility index (Phi) is 6.01. The third-order valence-corrected chi connectivity index (χ3v) is 5.37. The summed E-state index contributed by atoms with van der Waals surface area (Å²) in [5.41, 5.74) is -0.643. The number of carbonyl (C=O) groups excluding carboxylic acids is 3. The van der Waals surface area contributed by atoms with Crippen LogP contribution in [0.15, 0.2) is 24.8 Å². The van der Waals surface area contributed by atoms with Crippen LogP contribution in [0, 0.1) is 0 Å². The van der Waals surface area contributed by atoms with Crippen LogP contribution in [0.5, 0.6) is 0 Å². The zero-order valence-corrected chi connectivity index (χ0v) is 18.0. The Morgan fingerprint density at radius 2 is 1.93 bits per heavy atom. The molecule has 3 rings (SSSR count). The summed E-state index contributed by atoms with van der Waals surface area (Å²) in [7, 11) is 0. The maximum Gasteiger partial charge on any atom is 0.410 e. The highest BCUT2D eigenvalue weighted by Gasteiger charge is 2.57. The van der Waals surface area contributed by atoms with Crippen LogP contribution in [0.3, 0.4) is 0 Å². The fraction of sp³-hybridized carbons (Fsp3) is 0.667. The van der Waals surface area contributed by atoms with Crippen molar-refractivity contribution in [2.45, 2.75) is 50.9 Å². The molecule has 0 bridgehead atoms. The van der Waals surface area contributed by atoms with E-state index in [1.165, 1.54) is 0 Å². The molecule has 3 aliphatic heterocycles. The molecule has 3 amide bonds. The van der Waals surface area contributed by atoms with Crippen LogP contribution in [-0.2, 0) is 14.2 Å². The number of amides is 3. The van der Waals surface area contributed by atoms with Crippen molar-refractivity contribution in [3.63, 3.8) is 0 Å². The van der Waals surface area contributed by atoms with E-state index in [2.05, 4.69) is 13.2 Å². The van der Waals surface area contributed by atoms with Gasteiger partial charge < -0.3 is 19.1 Å². The van der Waals surface area contributed by atoms with Crippen molar-refractivity contribution >= 4 is 18.3 Å². The lowest BCUT2D eigenvalue weighted by Gasteiger charge is -2.45. The van der Waals surface area contributed by atoms with E-state index in [1.807, 2.05) is 20.8 Å². The Morgan fingerprint density at radius 1 is 1.23 bits per heavy atom. The third kappa shape index (κ3) is 4.88. The molecule has 166 valence electrons. The average Bonchev–Trinajstić information content (AvgIpc) is 3.01. The van der Waals surface area contributed by atoms with Crippen LogP contribution in [0.2, 0.25) is 0 Å². The van der Waals surface area contributed by atoms with Crippen LogP contribution in [-0.4, -0.2) is 89.6 Å². The summed E-state index contributed by atoms with van der Waals surface area (Å²) >= 11 is 0. The van der Waals surface area contributed by atoms with Gasteiger partial charge in [-0.1, -0.05) is 19.2 Å². The highest BCUT2D eigenvalue weighted by atomic mass is 16.6. The van der Waals surface area contributed by atoms with Gasteiger partial charge in [0.2, 0.25) is 0 Å². The Bertz CT molecular complexity index is 738. The third-order valence-electron chi connectivity index (χ3n) is 5.37. The summed E-state index contributed by atoms with van der Waals surface area (Å²) in [6, 6.07) is -0.142. The van der Waals surface area contributed by atoms with Gasteiger partial charge in [-0.25, -0.2) is 14.4 Å². The van der Waals surface area contributed by atoms with E-state index in [4.69, 9.17) is 14.2 Å². The lowest BCUT2D eigenvalue weighted by Crippen LogP contribution is -2.66.